The van der Waals surface area contributed by atoms with Gasteiger partial charge < -0.3 is 25.2 Å². The molecule has 3 heterocycles. The number of rotatable bonds is 5. The number of hydrogen-bond donors (Lipinski definition) is 2. The van der Waals surface area contributed by atoms with Crippen LogP contribution in [0.4, 0.5) is 17.6 Å². The van der Waals surface area contributed by atoms with Crippen molar-refractivity contribution in [2.45, 2.75) is 38.8 Å². The second-order valence-corrected chi connectivity index (χ2v) is 8.82. The summed E-state index contributed by atoms with van der Waals surface area (Å²) in [4.78, 5) is 14.2. The quantitative estimate of drug-likeness (QED) is 0.652. The number of piperidine rings is 1. The zero-order chi connectivity index (χ0) is 21.6. The molecule has 2 N–H and O–H groups in total. The van der Waals surface area contributed by atoms with Crippen molar-refractivity contribution >= 4 is 46.5 Å². The first-order chi connectivity index (χ1) is 15.1. The van der Waals surface area contributed by atoms with Crippen LogP contribution in [0.3, 0.4) is 0 Å². The first kappa shape index (κ1) is 22.0. The standard InChI is InChI=1S/C22H29ClN6OS/c1-16-4-2-3-9-29(16)20-14-19(28-10-12-30-13-11-28)25-21(26-20)27-22(31)24-15-17-5-7-18(23)8-6-17/h5-8,14,16H,2-4,9-13,15H2,1H3,(H2,24,25,26,27,31)/t16-/m1/s1. The number of nitrogens with zero attached hydrogens (tertiary/aromatic N) is 4. The van der Waals surface area contributed by atoms with Crippen LogP contribution in [-0.2, 0) is 11.3 Å². The molecule has 2 aliphatic heterocycles. The van der Waals surface area contributed by atoms with Crippen LogP contribution in [0.1, 0.15) is 31.7 Å². The maximum atomic E-state index is 5.96. The SMILES string of the molecule is C[C@@H]1CCCCN1c1cc(N2CCOCC2)nc(NC(=S)NCc2ccc(Cl)cc2)n1. The van der Waals surface area contributed by atoms with E-state index >= 15 is 0 Å². The number of aromatic nitrogens is 2. The van der Waals surface area contributed by atoms with Crippen molar-refractivity contribution in [3.05, 3.63) is 40.9 Å². The minimum atomic E-state index is 0.462. The maximum Gasteiger partial charge on any atom is 0.232 e. The molecule has 1 atom stereocenters. The molecule has 0 spiro atoms. The van der Waals surface area contributed by atoms with Gasteiger partial charge in [0.1, 0.15) is 11.6 Å². The number of ether oxygens (including phenoxy) is 1. The number of morpholine rings is 1. The number of anilines is 3. The zero-order valence-corrected chi connectivity index (χ0v) is 19.4. The molecule has 166 valence electrons. The monoisotopic (exact) mass is 460 g/mol. The Morgan fingerprint density at radius 3 is 2.61 bits per heavy atom. The van der Waals surface area contributed by atoms with Gasteiger partial charge in [-0.1, -0.05) is 23.7 Å². The fraction of sp³-hybridized carbons (Fsp3) is 0.500. The highest BCUT2D eigenvalue weighted by Crippen LogP contribution is 2.27. The number of nitrogens with one attached hydrogen (secondary N) is 2. The summed E-state index contributed by atoms with van der Waals surface area (Å²) in [6.45, 7) is 6.95. The molecule has 7 nitrogen and oxygen atoms in total. The lowest BCUT2D eigenvalue weighted by molar-refractivity contribution is 0.122. The smallest absolute Gasteiger partial charge is 0.232 e. The van der Waals surface area contributed by atoms with Gasteiger partial charge >= 0.3 is 0 Å². The van der Waals surface area contributed by atoms with Crippen LogP contribution >= 0.6 is 23.8 Å². The molecule has 2 aliphatic rings. The molecule has 2 fully saturated rings. The average Bonchev–Trinajstić information content (AvgIpc) is 2.79. The van der Waals surface area contributed by atoms with E-state index < -0.39 is 0 Å². The van der Waals surface area contributed by atoms with Crippen LogP contribution in [0.2, 0.25) is 5.02 Å². The molecule has 0 unspecified atom stereocenters. The van der Waals surface area contributed by atoms with E-state index in [0.717, 1.165) is 41.9 Å². The number of hydrogen-bond acceptors (Lipinski definition) is 6. The van der Waals surface area contributed by atoms with Gasteiger partial charge in [-0.15, -0.1) is 0 Å². The zero-order valence-electron chi connectivity index (χ0n) is 17.8. The Morgan fingerprint density at radius 1 is 1.13 bits per heavy atom. The molecule has 1 aromatic carbocycles. The van der Waals surface area contributed by atoms with Gasteiger partial charge in [-0.2, -0.15) is 9.97 Å². The predicted octanol–water partition coefficient (Wildman–Crippen LogP) is 3.83. The van der Waals surface area contributed by atoms with Crippen molar-refractivity contribution in [3.8, 4) is 0 Å². The molecule has 0 saturated carbocycles. The third-order valence-corrected chi connectivity index (χ3v) is 6.22. The summed E-state index contributed by atoms with van der Waals surface area (Å²) in [6.07, 6.45) is 3.63. The van der Waals surface area contributed by atoms with E-state index in [2.05, 4.69) is 33.4 Å². The molecular weight excluding hydrogens is 432 g/mol. The van der Waals surface area contributed by atoms with Gasteiger partial charge in [0.2, 0.25) is 5.95 Å². The van der Waals surface area contributed by atoms with E-state index in [0.29, 0.717) is 36.9 Å². The van der Waals surface area contributed by atoms with Gasteiger partial charge in [0.15, 0.2) is 5.11 Å². The lowest BCUT2D eigenvalue weighted by atomic mass is 10.0. The van der Waals surface area contributed by atoms with E-state index in [1.54, 1.807) is 0 Å². The molecular formula is C22H29ClN6OS. The van der Waals surface area contributed by atoms with E-state index in [1.165, 1.54) is 19.3 Å². The van der Waals surface area contributed by atoms with Crippen molar-refractivity contribution in [1.82, 2.24) is 15.3 Å². The van der Waals surface area contributed by atoms with Crippen molar-refractivity contribution in [2.75, 3.05) is 48.0 Å². The summed E-state index contributed by atoms with van der Waals surface area (Å²) in [5.41, 5.74) is 1.10. The largest absolute Gasteiger partial charge is 0.378 e. The fourth-order valence-corrected chi connectivity index (χ4v) is 4.24. The highest BCUT2D eigenvalue weighted by molar-refractivity contribution is 7.80. The number of benzene rings is 1. The van der Waals surface area contributed by atoms with E-state index in [9.17, 15) is 0 Å². The molecule has 0 bridgehead atoms. The summed E-state index contributed by atoms with van der Waals surface area (Å²) in [5, 5.41) is 7.62. The molecule has 0 amide bonds. The Bertz CT molecular complexity index is 890. The van der Waals surface area contributed by atoms with E-state index in [-0.39, 0.29) is 0 Å². The minimum absolute atomic E-state index is 0.462. The van der Waals surface area contributed by atoms with Gasteiger partial charge in [0, 0.05) is 43.3 Å². The van der Waals surface area contributed by atoms with Crippen LogP contribution in [0.25, 0.3) is 0 Å². The normalized spacial score (nSPS) is 19.2. The second kappa shape index (κ2) is 10.4. The highest BCUT2D eigenvalue weighted by atomic mass is 35.5. The molecule has 0 aliphatic carbocycles. The first-order valence-corrected chi connectivity index (χ1v) is 11.6. The lowest BCUT2D eigenvalue weighted by Crippen LogP contribution is -2.40. The number of thiocarbonyl (C=S) groups is 1. The minimum Gasteiger partial charge on any atom is -0.378 e. The molecule has 9 heteroatoms. The van der Waals surface area contributed by atoms with Crippen molar-refractivity contribution in [1.29, 1.82) is 0 Å². The lowest BCUT2D eigenvalue weighted by Gasteiger charge is -2.35. The van der Waals surface area contributed by atoms with Crippen LogP contribution in [0.5, 0.6) is 0 Å². The van der Waals surface area contributed by atoms with Gasteiger partial charge in [-0.25, -0.2) is 0 Å². The Hall–Kier alpha value is -2.16. The van der Waals surface area contributed by atoms with Crippen molar-refractivity contribution < 1.29 is 4.74 Å². The second-order valence-electron chi connectivity index (χ2n) is 7.98. The van der Waals surface area contributed by atoms with Crippen molar-refractivity contribution in [3.63, 3.8) is 0 Å². The molecule has 4 rings (SSSR count). The Kier molecular flexibility index (Phi) is 7.42. The highest BCUT2D eigenvalue weighted by Gasteiger charge is 2.23. The molecule has 0 radical (unpaired) electrons. The average molecular weight is 461 g/mol. The molecule has 1 aromatic heterocycles. The van der Waals surface area contributed by atoms with Gasteiger partial charge in [0.25, 0.3) is 0 Å². The van der Waals surface area contributed by atoms with Crippen LogP contribution in [-0.4, -0.2) is 54.0 Å². The summed E-state index contributed by atoms with van der Waals surface area (Å²) < 4.78 is 5.51. The maximum absolute atomic E-state index is 5.96. The topological polar surface area (TPSA) is 65.6 Å². The fourth-order valence-electron chi connectivity index (χ4n) is 3.95. The van der Waals surface area contributed by atoms with E-state index in [1.807, 2.05) is 24.3 Å². The summed E-state index contributed by atoms with van der Waals surface area (Å²) in [5.74, 6) is 2.38. The third kappa shape index (κ3) is 5.96. The van der Waals surface area contributed by atoms with Gasteiger partial charge in [-0.3, -0.25) is 0 Å². The van der Waals surface area contributed by atoms with Crippen LogP contribution in [0, 0.1) is 0 Å². The molecule has 2 saturated heterocycles. The van der Waals surface area contributed by atoms with Gasteiger partial charge in [0.05, 0.1) is 13.2 Å². The first-order valence-electron chi connectivity index (χ1n) is 10.9. The predicted molar refractivity (Wildman–Crippen MR) is 130 cm³/mol. The van der Waals surface area contributed by atoms with Crippen molar-refractivity contribution in [2.24, 2.45) is 0 Å². The summed E-state index contributed by atoms with van der Waals surface area (Å²) in [6, 6.07) is 10.3. The van der Waals surface area contributed by atoms with Crippen LogP contribution in [0.15, 0.2) is 30.3 Å². The number of halogens is 1. The molecule has 31 heavy (non-hydrogen) atoms. The van der Waals surface area contributed by atoms with E-state index in [4.69, 9.17) is 38.5 Å². The van der Waals surface area contributed by atoms with Crippen LogP contribution < -0.4 is 20.4 Å². The Balaban J connectivity index is 1.49. The Labute approximate surface area is 194 Å². The third-order valence-electron chi connectivity index (χ3n) is 5.72. The summed E-state index contributed by atoms with van der Waals surface area (Å²) >= 11 is 11.5. The van der Waals surface area contributed by atoms with Gasteiger partial charge in [-0.05, 0) is 56.1 Å². The summed E-state index contributed by atoms with van der Waals surface area (Å²) in [7, 11) is 0. The molecule has 2 aromatic rings. The Morgan fingerprint density at radius 2 is 1.87 bits per heavy atom.